The predicted molar refractivity (Wildman–Crippen MR) is 106 cm³/mol. The van der Waals surface area contributed by atoms with Crippen LogP contribution < -0.4 is 0 Å². The van der Waals surface area contributed by atoms with E-state index in [2.05, 4.69) is 36.9 Å². The first kappa shape index (κ1) is 19.4. The molecule has 7 heteroatoms. The minimum absolute atomic E-state index is 0.378. The molecule has 1 saturated heterocycles. The van der Waals surface area contributed by atoms with E-state index < -0.39 is 8.07 Å². The number of nitrogens with zero attached hydrogens (tertiary/aromatic N) is 3. The summed E-state index contributed by atoms with van der Waals surface area (Å²) in [5.74, 6) is 0.378. The standard InChI is InChI=1S/C19H26ClN3O2Si/c1-26(2,3)9-8-25-13-23-12-16(14-4-6-24-7-5-14)17-18(20)15(10-21)11-22-19(17)23/h11-12,14H,4-9,13H2,1-3H3. The van der Waals surface area contributed by atoms with Crippen molar-refractivity contribution in [1.82, 2.24) is 9.55 Å². The fraction of sp³-hybridized carbons (Fsp3) is 0.579. The molecule has 3 heterocycles. The summed E-state index contributed by atoms with van der Waals surface area (Å²) < 4.78 is 13.4. The molecular formula is C19H26ClN3O2Si. The minimum Gasteiger partial charge on any atom is -0.381 e. The summed E-state index contributed by atoms with van der Waals surface area (Å²) in [6, 6.07) is 3.27. The molecule has 0 amide bonds. The minimum atomic E-state index is -1.11. The fourth-order valence-electron chi connectivity index (χ4n) is 3.28. The third-order valence-corrected chi connectivity index (χ3v) is 6.96. The molecule has 5 nitrogen and oxygen atoms in total. The molecule has 0 spiro atoms. The van der Waals surface area contributed by atoms with Crippen molar-refractivity contribution >= 4 is 30.7 Å². The number of hydrogen-bond acceptors (Lipinski definition) is 4. The van der Waals surface area contributed by atoms with Crippen molar-refractivity contribution in [2.24, 2.45) is 0 Å². The zero-order valence-electron chi connectivity index (χ0n) is 15.7. The van der Waals surface area contributed by atoms with E-state index in [0.717, 1.165) is 55.3 Å². The van der Waals surface area contributed by atoms with Crippen LogP contribution in [0.15, 0.2) is 12.4 Å². The van der Waals surface area contributed by atoms with E-state index in [9.17, 15) is 5.26 Å². The normalized spacial score (nSPS) is 16.1. The lowest BCUT2D eigenvalue weighted by Crippen LogP contribution is -2.22. The molecule has 0 atom stereocenters. The van der Waals surface area contributed by atoms with Gasteiger partial charge in [0.1, 0.15) is 18.4 Å². The number of nitriles is 1. The number of fused-ring (bicyclic) bond motifs is 1. The molecule has 1 aliphatic rings. The van der Waals surface area contributed by atoms with E-state index in [1.54, 1.807) is 6.20 Å². The zero-order valence-corrected chi connectivity index (χ0v) is 17.5. The Balaban J connectivity index is 1.91. The molecule has 0 saturated carbocycles. The first-order valence-electron chi connectivity index (χ1n) is 9.13. The highest BCUT2D eigenvalue weighted by Crippen LogP contribution is 2.37. The Morgan fingerprint density at radius 1 is 1.38 bits per heavy atom. The first-order valence-corrected chi connectivity index (χ1v) is 13.2. The second kappa shape index (κ2) is 8.09. The van der Waals surface area contributed by atoms with Gasteiger partial charge in [-0.1, -0.05) is 31.2 Å². The van der Waals surface area contributed by atoms with Gasteiger partial charge in [0, 0.05) is 45.7 Å². The van der Waals surface area contributed by atoms with E-state index >= 15 is 0 Å². The van der Waals surface area contributed by atoms with Crippen molar-refractivity contribution < 1.29 is 9.47 Å². The van der Waals surface area contributed by atoms with Gasteiger partial charge in [-0.05, 0) is 30.4 Å². The van der Waals surface area contributed by atoms with E-state index in [1.165, 1.54) is 0 Å². The van der Waals surface area contributed by atoms with Crippen LogP contribution in [-0.4, -0.2) is 37.4 Å². The van der Waals surface area contributed by atoms with Gasteiger partial charge in [-0.2, -0.15) is 5.26 Å². The highest BCUT2D eigenvalue weighted by molar-refractivity contribution is 6.76. The van der Waals surface area contributed by atoms with E-state index in [1.807, 2.05) is 4.57 Å². The Morgan fingerprint density at radius 3 is 2.77 bits per heavy atom. The summed E-state index contributed by atoms with van der Waals surface area (Å²) in [6.45, 7) is 9.76. The summed E-state index contributed by atoms with van der Waals surface area (Å²) in [7, 11) is -1.11. The van der Waals surface area contributed by atoms with Gasteiger partial charge in [0.15, 0.2) is 0 Å². The molecule has 0 aromatic carbocycles. The molecule has 0 aliphatic carbocycles. The van der Waals surface area contributed by atoms with Crippen molar-refractivity contribution in [3.05, 3.63) is 28.5 Å². The second-order valence-electron chi connectivity index (χ2n) is 8.09. The van der Waals surface area contributed by atoms with Crippen LogP contribution >= 0.6 is 11.6 Å². The molecular weight excluding hydrogens is 366 g/mol. The highest BCUT2D eigenvalue weighted by Gasteiger charge is 2.24. The monoisotopic (exact) mass is 391 g/mol. The lowest BCUT2D eigenvalue weighted by Gasteiger charge is -2.21. The van der Waals surface area contributed by atoms with E-state index in [4.69, 9.17) is 21.1 Å². The third kappa shape index (κ3) is 4.29. The summed E-state index contributed by atoms with van der Waals surface area (Å²) in [6.07, 6.45) is 5.58. The van der Waals surface area contributed by atoms with E-state index in [-0.39, 0.29) is 0 Å². The van der Waals surface area contributed by atoms with Crippen LogP contribution in [0.1, 0.15) is 29.9 Å². The summed E-state index contributed by atoms with van der Waals surface area (Å²) in [5, 5.41) is 10.7. The molecule has 0 N–H and O–H groups in total. The van der Waals surface area contributed by atoms with Crippen molar-refractivity contribution in [2.45, 2.75) is 51.2 Å². The SMILES string of the molecule is C[Si](C)(C)CCOCn1cc(C2CCOCC2)c2c(Cl)c(C#N)cnc21. The number of hydrogen-bond donors (Lipinski definition) is 0. The Bertz CT molecular complexity index is 817. The number of pyridine rings is 1. The van der Waals surface area contributed by atoms with Crippen molar-refractivity contribution in [2.75, 3.05) is 19.8 Å². The maximum atomic E-state index is 9.31. The fourth-order valence-corrected chi connectivity index (χ4v) is 4.32. The van der Waals surface area contributed by atoms with Crippen molar-refractivity contribution in [1.29, 1.82) is 5.26 Å². The quantitative estimate of drug-likeness (QED) is 0.525. The average Bonchev–Trinajstić information content (AvgIpc) is 2.99. The molecule has 1 aliphatic heterocycles. The van der Waals surface area contributed by atoms with E-state index in [0.29, 0.717) is 23.2 Å². The largest absolute Gasteiger partial charge is 0.381 e. The smallest absolute Gasteiger partial charge is 0.143 e. The van der Waals surface area contributed by atoms with Gasteiger partial charge in [0.25, 0.3) is 0 Å². The third-order valence-electron chi connectivity index (χ3n) is 4.86. The van der Waals surface area contributed by atoms with Crippen LogP contribution in [0, 0.1) is 11.3 Å². The Kier molecular flexibility index (Phi) is 6.03. The topological polar surface area (TPSA) is 60.1 Å². The lowest BCUT2D eigenvalue weighted by molar-refractivity contribution is 0.0840. The molecule has 1 fully saturated rings. The van der Waals surface area contributed by atoms with Crippen LogP contribution in [-0.2, 0) is 16.2 Å². The highest BCUT2D eigenvalue weighted by atomic mass is 35.5. The molecule has 140 valence electrons. The summed E-state index contributed by atoms with van der Waals surface area (Å²) in [5.41, 5.74) is 2.38. The average molecular weight is 392 g/mol. The first-order chi connectivity index (χ1) is 12.4. The van der Waals surface area contributed by atoms with Crippen LogP contribution in [0.2, 0.25) is 30.7 Å². The zero-order chi connectivity index (χ0) is 18.7. The van der Waals surface area contributed by atoms with Gasteiger partial charge in [-0.3, -0.25) is 0 Å². The van der Waals surface area contributed by atoms with Gasteiger partial charge in [-0.25, -0.2) is 4.98 Å². The maximum absolute atomic E-state index is 9.31. The van der Waals surface area contributed by atoms with Crippen LogP contribution in [0.4, 0.5) is 0 Å². The van der Waals surface area contributed by atoms with Crippen LogP contribution in [0.25, 0.3) is 11.0 Å². The van der Waals surface area contributed by atoms with Gasteiger partial charge in [0.2, 0.25) is 0 Å². The molecule has 0 bridgehead atoms. The molecule has 0 unspecified atom stereocenters. The summed E-state index contributed by atoms with van der Waals surface area (Å²) in [4.78, 5) is 4.51. The molecule has 2 aromatic rings. The number of aromatic nitrogens is 2. The van der Waals surface area contributed by atoms with Gasteiger partial charge < -0.3 is 14.0 Å². The van der Waals surface area contributed by atoms with Crippen molar-refractivity contribution in [3.63, 3.8) is 0 Å². The Labute approximate surface area is 160 Å². The van der Waals surface area contributed by atoms with Crippen LogP contribution in [0.3, 0.4) is 0 Å². The Morgan fingerprint density at radius 2 is 2.12 bits per heavy atom. The van der Waals surface area contributed by atoms with Gasteiger partial charge >= 0.3 is 0 Å². The summed E-state index contributed by atoms with van der Waals surface area (Å²) >= 11 is 6.56. The molecule has 26 heavy (non-hydrogen) atoms. The molecule has 0 radical (unpaired) electrons. The van der Waals surface area contributed by atoms with Crippen molar-refractivity contribution in [3.8, 4) is 6.07 Å². The number of halogens is 1. The van der Waals surface area contributed by atoms with Crippen LogP contribution in [0.5, 0.6) is 0 Å². The number of rotatable bonds is 6. The lowest BCUT2D eigenvalue weighted by atomic mass is 9.91. The maximum Gasteiger partial charge on any atom is 0.143 e. The molecule has 3 rings (SSSR count). The molecule has 2 aromatic heterocycles. The Hall–Kier alpha value is -1.39. The predicted octanol–water partition coefficient (Wildman–Crippen LogP) is 4.77. The second-order valence-corrected chi connectivity index (χ2v) is 14.1. The van der Waals surface area contributed by atoms with Gasteiger partial charge in [-0.15, -0.1) is 0 Å². The van der Waals surface area contributed by atoms with Gasteiger partial charge in [0.05, 0.1) is 10.6 Å². The number of ether oxygens (including phenoxy) is 2.